The third-order valence-electron chi connectivity index (χ3n) is 3.67. The van der Waals surface area contributed by atoms with E-state index in [9.17, 15) is 5.11 Å². The zero-order chi connectivity index (χ0) is 14.4. The first-order valence-corrected chi connectivity index (χ1v) is 6.78. The molecule has 0 aliphatic carbocycles. The molecule has 5 heteroatoms. The minimum Gasteiger partial charge on any atom is -0.478 e. The number of ether oxygens (including phenoxy) is 2. The largest absolute Gasteiger partial charge is 0.478 e. The molecule has 0 aromatic heterocycles. The first kappa shape index (κ1) is 14.8. The van der Waals surface area contributed by atoms with Gasteiger partial charge in [0.2, 0.25) is 0 Å². The van der Waals surface area contributed by atoms with Gasteiger partial charge in [-0.25, -0.2) is 0 Å². The van der Waals surface area contributed by atoms with Gasteiger partial charge in [0.05, 0.1) is 6.10 Å². The van der Waals surface area contributed by atoms with Crippen molar-refractivity contribution >= 4 is 0 Å². The van der Waals surface area contributed by atoms with E-state index in [0.29, 0.717) is 31.9 Å². The van der Waals surface area contributed by atoms with Crippen molar-refractivity contribution in [3.63, 3.8) is 0 Å². The Balaban J connectivity index is 1.89. The van der Waals surface area contributed by atoms with Crippen LogP contribution in [-0.4, -0.2) is 36.6 Å². The van der Waals surface area contributed by atoms with Crippen molar-refractivity contribution in [2.45, 2.75) is 31.6 Å². The quantitative estimate of drug-likeness (QED) is 0.817. The van der Waals surface area contributed by atoms with Crippen molar-refractivity contribution in [2.75, 3.05) is 19.8 Å². The van der Waals surface area contributed by atoms with E-state index in [1.54, 1.807) is 0 Å². The van der Waals surface area contributed by atoms with Gasteiger partial charge in [0.25, 0.3) is 0 Å². The summed E-state index contributed by atoms with van der Waals surface area (Å²) in [5.41, 5.74) is 0.167. The highest BCUT2D eigenvalue weighted by atomic mass is 16.5. The molecule has 0 bridgehead atoms. The van der Waals surface area contributed by atoms with Crippen molar-refractivity contribution in [1.82, 2.24) is 5.32 Å². The second-order valence-corrected chi connectivity index (χ2v) is 5.02. The molecule has 1 aliphatic heterocycles. The van der Waals surface area contributed by atoms with E-state index in [-0.39, 0.29) is 12.7 Å². The molecule has 1 aliphatic rings. The van der Waals surface area contributed by atoms with Crippen LogP contribution in [0.15, 0.2) is 24.3 Å². The van der Waals surface area contributed by atoms with Gasteiger partial charge < -0.3 is 19.9 Å². The number of hydrogen-bond donors (Lipinski definition) is 2. The number of para-hydroxylation sites is 1. The van der Waals surface area contributed by atoms with E-state index in [0.717, 1.165) is 5.56 Å². The van der Waals surface area contributed by atoms with Gasteiger partial charge in [-0.3, -0.25) is 0 Å². The highest BCUT2D eigenvalue weighted by Crippen LogP contribution is 2.25. The van der Waals surface area contributed by atoms with Crippen LogP contribution >= 0.6 is 0 Å². The van der Waals surface area contributed by atoms with Gasteiger partial charge in [-0.05, 0) is 13.0 Å². The fourth-order valence-electron chi connectivity index (χ4n) is 2.32. The van der Waals surface area contributed by atoms with Crippen molar-refractivity contribution in [1.29, 1.82) is 5.26 Å². The topological polar surface area (TPSA) is 74.5 Å². The van der Waals surface area contributed by atoms with Gasteiger partial charge >= 0.3 is 0 Å². The zero-order valence-corrected chi connectivity index (χ0v) is 11.6. The number of benzene rings is 1. The van der Waals surface area contributed by atoms with Crippen molar-refractivity contribution in [3.05, 3.63) is 29.8 Å². The van der Waals surface area contributed by atoms with E-state index in [2.05, 4.69) is 5.32 Å². The van der Waals surface area contributed by atoms with E-state index >= 15 is 0 Å². The summed E-state index contributed by atoms with van der Waals surface area (Å²) in [6, 6.07) is 9.53. The van der Waals surface area contributed by atoms with Gasteiger partial charge in [0.1, 0.15) is 17.4 Å². The summed E-state index contributed by atoms with van der Waals surface area (Å²) in [5.74, 6) is 0.698. The molecule has 0 amide bonds. The summed E-state index contributed by atoms with van der Waals surface area (Å²) in [7, 11) is 0. The zero-order valence-electron chi connectivity index (χ0n) is 11.6. The third-order valence-corrected chi connectivity index (χ3v) is 3.67. The smallest absolute Gasteiger partial charge is 0.174 e. The molecule has 20 heavy (non-hydrogen) atoms. The predicted octanol–water partition coefficient (Wildman–Crippen LogP) is 1.22. The molecule has 1 heterocycles. The predicted molar refractivity (Wildman–Crippen MR) is 74.2 cm³/mol. The number of aliphatic hydroxyl groups is 1. The Hall–Kier alpha value is -1.61. The van der Waals surface area contributed by atoms with E-state index in [1.807, 2.05) is 37.3 Å². The first-order chi connectivity index (χ1) is 9.65. The molecular weight excluding hydrogens is 256 g/mol. The Labute approximate surface area is 119 Å². The van der Waals surface area contributed by atoms with Crippen LogP contribution < -0.4 is 10.1 Å². The lowest BCUT2D eigenvalue weighted by atomic mass is 9.96. The molecular formula is C15H20N2O3. The average Bonchev–Trinajstić information content (AvgIpc) is 2.78. The standard InChI is InChI=1S/C15H20N2O3/c1-12-15(18,6-8-19-12)11-17-10-13-4-2-3-5-14(13)20-9-7-16/h2-5,12,17-18H,6,8-11H2,1H3. The second kappa shape index (κ2) is 6.71. The van der Waals surface area contributed by atoms with Crippen LogP contribution in [0.3, 0.4) is 0 Å². The SMILES string of the molecule is CC1OCCC1(O)CNCc1ccccc1OCC#N. The van der Waals surface area contributed by atoms with Gasteiger partial charge in [-0.1, -0.05) is 18.2 Å². The van der Waals surface area contributed by atoms with Gasteiger partial charge in [0, 0.05) is 31.7 Å². The Morgan fingerprint density at radius 3 is 3.05 bits per heavy atom. The Bertz CT molecular complexity index is 486. The fourth-order valence-corrected chi connectivity index (χ4v) is 2.32. The maximum Gasteiger partial charge on any atom is 0.174 e. The lowest BCUT2D eigenvalue weighted by Gasteiger charge is -2.26. The van der Waals surface area contributed by atoms with Crippen molar-refractivity contribution in [2.24, 2.45) is 0 Å². The lowest BCUT2D eigenvalue weighted by Crippen LogP contribution is -2.45. The van der Waals surface area contributed by atoms with Crippen LogP contribution in [0.2, 0.25) is 0 Å². The molecule has 5 nitrogen and oxygen atoms in total. The van der Waals surface area contributed by atoms with E-state index in [4.69, 9.17) is 14.7 Å². The average molecular weight is 276 g/mol. The van der Waals surface area contributed by atoms with Crippen LogP contribution in [0.4, 0.5) is 0 Å². The summed E-state index contributed by atoms with van der Waals surface area (Å²) in [5, 5.41) is 22.2. The maximum absolute atomic E-state index is 10.4. The summed E-state index contributed by atoms with van der Waals surface area (Å²) < 4.78 is 10.8. The van der Waals surface area contributed by atoms with Crippen molar-refractivity contribution in [3.8, 4) is 11.8 Å². The number of rotatable bonds is 6. The van der Waals surface area contributed by atoms with Gasteiger partial charge in [0.15, 0.2) is 6.61 Å². The molecule has 0 saturated carbocycles. The Kier molecular flexibility index (Phi) is 4.96. The molecule has 2 atom stereocenters. The number of nitriles is 1. The Morgan fingerprint density at radius 2 is 2.35 bits per heavy atom. The first-order valence-electron chi connectivity index (χ1n) is 6.78. The van der Waals surface area contributed by atoms with Crippen LogP contribution in [0.1, 0.15) is 18.9 Å². The molecule has 1 aromatic carbocycles. The van der Waals surface area contributed by atoms with Crippen LogP contribution in [0.25, 0.3) is 0 Å². The second-order valence-electron chi connectivity index (χ2n) is 5.02. The monoisotopic (exact) mass is 276 g/mol. The minimum absolute atomic E-state index is 0.0336. The summed E-state index contributed by atoms with van der Waals surface area (Å²) in [6.45, 7) is 3.57. The van der Waals surface area contributed by atoms with E-state index in [1.165, 1.54) is 0 Å². The summed E-state index contributed by atoms with van der Waals surface area (Å²) in [6.07, 6.45) is 0.494. The number of hydrogen-bond acceptors (Lipinski definition) is 5. The maximum atomic E-state index is 10.4. The summed E-state index contributed by atoms with van der Waals surface area (Å²) >= 11 is 0. The molecule has 1 saturated heterocycles. The fraction of sp³-hybridized carbons (Fsp3) is 0.533. The molecule has 2 unspecified atom stereocenters. The van der Waals surface area contributed by atoms with Crippen LogP contribution in [-0.2, 0) is 11.3 Å². The van der Waals surface area contributed by atoms with Crippen LogP contribution in [0, 0.1) is 11.3 Å². The van der Waals surface area contributed by atoms with Crippen molar-refractivity contribution < 1.29 is 14.6 Å². The molecule has 0 radical (unpaired) electrons. The Morgan fingerprint density at radius 1 is 1.55 bits per heavy atom. The molecule has 108 valence electrons. The summed E-state index contributed by atoms with van der Waals surface area (Å²) in [4.78, 5) is 0. The van der Waals surface area contributed by atoms with Gasteiger partial charge in [-0.2, -0.15) is 5.26 Å². The number of nitrogens with one attached hydrogen (secondary N) is 1. The molecule has 2 rings (SSSR count). The molecule has 1 aromatic rings. The van der Waals surface area contributed by atoms with Crippen LogP contribution in [0.5, 0.6) is 5.75 Å². The normalized spacial score (nSPS) is 25.4. The highest BCUT2D eigenvalue weighted by Gasteiger charge is 2.38. The van der Waals surface area contributed by atoms with Gasteiger partial charge in [-0.15, -0.1) is 0 Å². The minimum atomic E-state index is -0.803. The lowest BCUT2D eigenvalue weighted by molar-refractivity contribution is -0.0263. The number of nitrogens with zero attached hydrogens (tertiary/aromatic N) is 1. The highest BCUT2D eigenvalue weighted by molar-refractivity contribution is 5.33. The molecule has 2 N–H and O–H groups in total. The third kappa shape index (κ3) is 3.48. The molecule has 1 fully saturated rings. The molecule has 0 spiro atoms. The van der Waals surface area contributed by atoms with E-state index < -0.39 is 5.60 Å².